The highest BCUT2D eigenvalue weighted by atomic mass is 16.5. The van der Waals surface area contributed by atoms with Gasteiger partial charge in [0.05, 0.1) is 12.7 Å². The average Bonchev–Trinajstić information content (AvgIpc) is 2.53. The second-order valence-corrected chi connectivity index (χ2v) is 5.74. The molecule has 1 aromatic rings. The lowest BCUT2D eigenvalue weighted by Gasteiger charge is -2.32. The highest BCUT2D eigenvalue weighted by molar-refractivity contribution is 5.21. The van der Waals surface area contributed by atoms with E-state index >= 15 is 0 Å². The quantitative estimate of drug-likeness (QED) is 0.743. The summed E-state index contributed by atoms with van der Waals surface area (Å²) >= 11 is 0. The Morgan fingerprint density at radius 1 is 1.05 bits per heavy atom. The summed E-state index contributed by atoms with van der Waals surface area (Å²) in [6.07, 6.45) is 5.58. The first-order valence-electron chi connectivity index (χ1n) is 8.24. The van der Waals surface area contributed by atoms with Crippen LogP contribution in [0.2, 0.25) is 0 Å². The SMILES string of the molecule is CCN(CC)CCO[C@@H]1CCCC[C@@H]1c1ccccc1. The van der Waals surface area contributed by atoms with Gasteiger partial charge in [-0.15, -0.1) is 0 Å². The Morgan fingerprint density at radius 3 is 2.45 bits per heavy atom. The Balaban J connectivity index is 1.87. The third-order valence-electron chi connectivity index (χ3n) is 4.56. The molecule has 1 aliphatic rings. The van der Waals surface area contributed by atoms with Gasteiger partial charge in [0.1, 0.15) is 0 Å². The van der Waals surface area contributed by atoms with Gasteiger partial charge >= 0.3 is 0 Å². The summed E-state index contributed by atoms with van der Waals surface area (Å²) < 4.78 is 6.24. The first-order chi connectivity index (χ1) is 9.85. The van der Waals surface area contributed by atoms with Gasteiger partial charge in [-0.3, -0.25) is 0 Å². The lowest BCUT2D eigenvalue weighted by Crippen LogP contribution is -2.32. The third kappa shape index (κ3) is 4.32. The van der Waals surface area contributed by atoms with E-state index in [2.05, 4.69) is 49.1 Å². The van der Waals surface area contributed by atoms with Crippen molar-refractivity contribution in [2.75, 3.05) is 26.2 Å². The zero-order valence-corrected chi connectivity index (χ0v) is 13.1. The van der Waals surface area contributed by atoms with E-state index in [9.17, 15) is 0 Å². The van der Waals surface area contributed by atoms with Crippen LogP contribution in [0.4, 0.5) is 0 Å². The number of rotatable bonds is 7. The molecule has 0 spiro atoms. The van der Waals surface area contributed by atoms with Crippen molar-refractivity contribution < 1.29 is 4.74 Å². The molecule has 0 unspecified atom stereocenters. The molecule has 112 valence electrons. The van der Waals surface area contributed by atoms with Crippen LogP contribution in [0.25, 0.3) is 0 Å². The van der Waals surface area contributed by atoms with Crippen molar-refractivity contribution in [2.24, 2.45) is 0 Å². The van der Waals surface area contributed by atoms with E-state index < -0.39 is 0 Å². The minimum absolute atomic E-state index is 0.418. The summed E-state index contributed by atoms with van der Waals surface area (Å²) in [5, 5.41) is 0. The van der Waals surface area contributed by atoms with Crippen molar-refractivity contribution in [3.05, 3.63) is 35.9 Å². The molecule has 2 nitrogen and oxygen atoms in total. The molecule has 2 atom stereocenters. The van der Waals surface area contributed by atoms with Crippen molar-refractivity contribution in [1.29, 1.82) is 0 Å². The molecule has 0 amide bonds. The van der Waals surface area contributed by atoms with Gasteiger partial charge in [0.15, 0.2) is 0 Å². The zero-order valence-electron chi connectivity index (χ0n) is 13.1. The summed E-state index contributed by atoms with van der Waals surface area (Å²) in [4.78, 5) is 2.43. The fraction of sp³-hybridized carbons (Fsp3) is 0.667. The predicted molar refractivity (Wildman–Crippen MR) is 85.2 cm³/mol. The van der Waals surface area contributed by atoms with Gasteiger partial charge in [0.25, 0.3) is 0 Å². The highest BCUT2D eigenvalue weighted by Gasteiger charge is 2.26. The van der Waals surface area contributed by atoms with E-state index in [0.29, 0.717) is 12.0 Å². The second-order valence-electron chi connectivity index (χ2n) is 5.74. The van der Waals surface area contributed by atoms with Crippen LogP contribution in [0.1, 0.15) is 51.0 Å². The highest BCUT2D eigenvalue weighted by Crippen LogP contribution is 2.34. The van der Waals surface area contributed by atoms with Gasteiger partial charge in [-0.05, 0) is 31.5 Å². The summed E-state index contributed by atoms with van der Waals surface area (Å²) in [6, 6.07) is 10.9. The van der Waals surface area contributed by atoms with Crippen LogP contribution in [0, 0.1) is 0 Å². The van der Waals surface area contributed by atoms with E-state index in [0.717, 1.165) is 26.2 Å². The molecular formula is C18H29NO. The lowest BCUT2D eigenvalue weighted by molar-refractivity contribution is 0.00350. The Labute approximate surface area is 124 Å². The molecule has 2 rings (SSSR count). The first-order valence-corrected chi connectivity index (χ1v) is 8.24. The normalized spacial score (nSPS) is 23.1. The van der Waals surface area contributed by atoms with E-state index in [-0.39, 0.29) is 0 Å². The van der Waals surface area contributed by atoms with Crippen molar-refractivity contribution in [3.8, 4) is 0 Å². The lowest BCUT2D eigenvalue weighted by atomic mass is 9.81. The van der Waals surface area contributed by atoms with Crippen LogP contribution in [-0.2, 0) is 4.74 Å². The largest absolute Gasteiger partial charge is 0.376 e. The Hall–Kier alpha value is -0.860. The number of likely N-dealkylation sites (N-methyl/N-ethyl adjacent to an activating group) is 1. The van der Waals surface area contributed by atoms with Crippen molar-refractivity contribution in [3.63, 3.8) is 0 Å². The predicted octanol–water partition coefficient (Wildman–Crippen LogP) is 4.07. The van der Waals surface area contributed by atoms with Gasteiger partial charge in [-0.2, -0.15) is 0 Å². The molecule has 2 heteroatoms. The third-order valence-corrected chi connectivity index (χ3v) is 4.56. The smallest absolute Gasteiger partial charge is 0.0644 e. The van der Waals surface area contributed by atoms with E-state index in [4.69, 9.17) is 4.74 Å². The second kappa shape index (κ2) is 8.43. The molecular weight excluding hydrogens is 246 g/mol. The maximum absolute atomic E-state index is 6.24. The van der Waals surface area contributed by atoms with Gasteiger partial charge < -0.3 is 9.64 Å². The molecule has 0 aliphatic heterocycles. The van der Waals surface area contributed by atoms with Gasteiger partial charge in [-0.25, -0.2) is 0 Å². The van der Waals surface area contributed by atoms with Crippen LogP contribution >= 0.6 is 0 Å². The number of benzene rings is 1. The topological polar surface area (TPSA) is 12.5 Å². The van der Waals surface area contributed by atoms with Crippen LogP contribution in [0.3, 0.4) is 0 Å². The number of hydrogen-bond donors (Lipinski definition) is 0. The number of nitrogens with zero attached hydrogens (tertiary/aromatic N) is 1. The van der Waals surface area contributed by atoms with Crippen molar-refractivity contribution in [1.82, 2.24) is 4.90 Å². The molecule has 0 aromatic heterocycles. The molecule has 20 heavy (non-hydrogen) atoms. The van der Waals surface area contributed by atoms with Crippen LogP contribution < -0.4 is 0 Å². The molecule has 0 radical (unpaired) electrons. The first kappa shape index (κ1) is 15.5. The number of hydrogen-bond acceptors (Lipinski definition) is 2. The minimum atomic E-state index is 0.418. The van der Waals surface area contributed by atoms with E-state index in [1.54, 1.807) is 0 Å². The number of ether oxygens (including phenoxy) is 1. The van der Waals surface area contributed by atoms with Gasteiger partial charge in [0, 0.05) is 12.5 Å². The summed E-state index contributed by atoms with van der Waals surface area (Å²) in [5.41, 5.74) is 1.46. The minimum Gasteiger partial charge on any atom is -0.376 e. The summed E-state index contributed by atoms with van der Waals surface area (Å²) in [6.45, 7) is 8.60. The van der Waals surface area contributed by atoms with E-state index in [1.165, 1.54) is 31.2 Å². The molecule has 0 heterocycles. The van der Waals surface area contributed by atoms with Crippen molar-refractivity contribution in [2.45, 2.75) is 51.6 Å². The molecule has 1 saturated carbocycles. The Kier molecular flexibility index (Phi) is 6.55. The molecule has 1 aromatic carbocycles. The summed E-state index contributed by atoms with van der Waals surface area (Å²) in [5.74, 6) is 0.599. The molecule has 1 fully saturated rings. The standard InChI is InChI=1S/C18H29NO/c1-3-19(4-2)14-15-20-18-13-9-8-12-17(18)16-10-6-5-7-11-16/h5-7,10-11,17-18H,3-4,8-9,12-15H2,1-2H3/t17-,18-/m1/s1. The maximum atomic E-state index is 6.24. The Bertz CT molecular complexity index is 361. The molecule has 0 bridgehead atoms. The Morgan fingerprint density at radius 2 is 1.75 bits per heavy atom. The van der Waals surface area contributed by atoms with Crippen LogP contribution in [-0.4, -0.2) is 37.2 Å². The fourth-order valence-electron chi connectivity index (χ4n) is 3.25. The maximum Gasteiger partial charge on any atom is 0.0644 e. The van der Waals surface area contributed by atoms with Gasteiger partial charge in [-0.1, -0.05) is 57.0 Å². The van der Waals surface area contributed by atoms with E-state index in [1.807, 2.05) is 0 Å². The summed E-state index contributed by atoms with van der Waals surface area (Å²) in [7, 11) is 0. The van der Waals surface area contributed by atoms with Crippen LogP contribution in [0.15, 0.2) is 30.3 Å². The fourth-order valence-corrected chi connectivity index (χ4v) is 3.25. The van der Waals surface area contributed by atoms with Crippen LogP contribution in [0.5, 0.6) is 0 Å². The van der Waals surface area contributed by atoms with Gasteiger partial charge in [0.2, 0.25) is 0 Å². The molecule has 1 aliphatic carbocycles. The average molecular weight is 275 g/mol. The molecule has 0 saturated heterocycles. The van der Waals surface area contributed by atoms with Crippen molar-refractivity contribution >= 4 is 0 Å². The monoisotopic (exact) mass is 275 g/mol. The molecule has 0 N–H and O–H groups in total. The zero-order chi connectivity index (χ0) is 14.2.